The van der Waals surface area contributed by atoms with Crippen molar-refractivity contribution in [2.45, 2.75) is 42.3 Å². The molecule has 96 valence electrons. The van der Waals surface area contributed by atoms with Crippen molar-refractivity contribution < 1.29 is 18.6 Å². The fourth-order valence-electron chi connectivity index (χ4n) is 1.94. The van der Waals surface area contributed by atoms with Gasteiger partial charge in [-0.05, 0) is 19.3 Å². The fourth-order valence-corrected chi connectivity index (χ4v) is 4.54. The molecule has 1 aliphatic carbocycles. The Labute approximate surface area is 101 Å². The van der Waals surface area contributed by atoms with Crippen LogP contribution in [0.4, 0.5) is 0 Å². The molecule has 0 aromatic rings. The standard InChI is InChI=1S/C10H20O4S2/c1-16(13,14)10-4-2-3-9(5-10)15-7-8(12)6-11/h8-12H,2-7H2,1H3. The SMILES string of the molecule is CS(=O)(=O)C1CCCC(SCC(O)CO)C1. The lowest BCUT2D eigenvalue weighted by molar-refractivity contribution is 0.113. The molecule has 6 heteroatoms. The van der Waals surface area contributed by atoms with Crippen LogP contribution in [0.2, 0.25) is 0 Å². The van der Waals surface area contributed by atoms with Crippen LogP contribution < -0.4 is 0 Å². The molecule has 0 aromatic heterocycles. The predicted octanol–water partition coefficient (Wildman–Crippen LogP) is 0.429. The Balaban J connectivity index is 2.39. The van der Waals surface area contributed by atoms with E-state index in [1.54, 1.807) is 11.8 Å². The van der Waals surface area contributed by atoms with E-state index >= 15 is 0 Å². The summed E-state index contributed by atoms with van der Waals surface area (Å²) < 4.78 is 22.9. The number of rotatable bonds is 5. The lowest BCUT2D eigenvalue weighted by Gasteiger charge is -2.28. The highest BCUT2D eigenvalue weighted by atomic mass is 32.2. The summed E-state index contributed by atoms with van der Waals surface area (Å²) in [7, 11) is -2.93. The van der Waals surface area contributed by atoms with Crippen LogP contribution in [0.25, 0.3) is 0 Å². The van der Waals surface area contributed by atoms with Crippen LogP contribution in [-0.2, 0) is 9.84 Å². The summed E-state index contributed by atoms with van der Waals surface area (Å²) in [5, 5.41) is 18.0. The Morgan fingerprint density at radius 3 is 2.69 bits per heavy atom. The Kier molecular flexibility index (Phi) is 5.56. The molecule has 3 unspecified atom stereocenters. The van der Waals surface area contributed by atoms with E-state index in [0.717, 1.165) is 19.3 Å². The van der Waals surface area contributed by atoms with Crippen molar-refractivity contribution in [1.82, 2.24) is 0 Å². The van der Waals surface area contributed by atoms with Gasteiger partial charge in [0, 0.05) is 17.3 Å². The van der Waals surface area contributed by atoms with E-state index in [2.05, 4.69) is 0 Å². The van der Waals surface area contributed by atoms with Crippen LogP contribution in [0.5, 0.6) is 0 Å². The molecular weight excluding hydrogens is 248 g/mol. The number of thioether (sulfide) groups is 1. The Morgan fingerprint density at radius 1 is 1.44 bits per heavy atom. The second-order valence-electron chi connectivity index (χ2n) is 4.41. The smallest absolute Gasteiger partial charge is 0.150 e. The molecule has 1 fully saturated rings. The van der Waals surface area contributed by atoms with Crippen molar-refractivity contribution in [3.8, 4) is 0 Å². The van der Waals surface area contributed by atoms with Crippen molar-refractivity contribution in [3.05, 3.63) is 0 Å². The highest BCUT2D eigenvalue weighted by Crippen LogP contribution is 2.31. The molecule has 0 radical (unpaired) electrons. The molecular formula is C10H20O4S2. The van der Waals surface area contributed by atoms with Crippen LogP contribution in [0.1, 0.15) is 25.7 Å². The van der Waals surface area contributed by atoms with Gasteiger partial charge < -0.3 is 10.2 Å². The molecule has 1 aliphatic rings. The zero-order chi connectivity index (χ0) is 12.2. The summed E-state index contributed by atoms with van der Waals surface area (Å²) in [6, 6.07) is 0. The Morgan fingerprint density at radius 2 is 2.12 bits per heavy atom. The van der Waals surface area contributed by atoms with Crippen LogP contribution >= 0.6 is 11.8 Å². The molecule has 0 heterocycles. The first-order valence-electron chi connectivity index (χ1n) is 5.53. The Bertz CT molecular complexity index is 302. The summed E-state index contributed by atoms with van der Waals surface area (Å²) in [6.07, 6.45) is 4.00. The highest BCUT2D eigenvalue weighted by Gasteiger charge is 2.29. The Hall–Kier alpha value is 0.220. The minimum atomic E-state index is -2.93. The lowest BCUT2D eigenvalue weighted by Crippen LogP contribution is -2.29. The van der Waals surface area contributed by atoms with E-state index < -0.39 is 15.9 Å². The summed E-state index contributed by atoms with van der Waals surface area (Å²) in [5.41, 5.74) is 0. The average Bonchev–Trinajstić information content (AvgIpc) is 2.25. The van der Waals surface area contributed by atoms with Crippen molar-refractivity contribution in [1.29, 1.82) is 0 Å². The van der Waals surface area contributed by atoms with Gasteiger partial charge in [-0.3, -0.25) is 0 Å². The van der Waals surface area contributed by atoms with E-state index in [9.17, 15) is 13.5 Å². The predicted molar refractivity (Wildman–Crippen MR) is 66.4 cm³/mol. The maximum atomic E-state index is 11.4. The van der Waals surface area contributed by atoms with Crippen LogP contribution in [0.3, 0.4) is 0 Å². The van der Waals surface area contributed by atoms with Crippen LogP contribution in [0.15, 0.2) is 0 Å². The van der Waals surface area contributed by atoms with Gasteiger partial charge in [-0.15, -0.1) is 0 Å². The molecule has 0 saturated heterocycles. The average molecular weight is 268 g/mol. The molecule has 3 atom stereocenters. The molecule has 0 aliphatic heterocycles. The van der Waals surface area contributed by atoms with Crippen molar-refractivity contribution in [3.63, 3.8) is 0 Å². The third-order valence-corrected chi connectivity index (χ3v) is 6.03. The molecule has 1 saturated carbocycles. The molecule has 0 amide bonds. The van der Waals surface area contributed by atoms with E-state index in [0.29, 0.717) is 17.4 Å². The first-order chi connectivity index (χ1) is 7.43. The number of aliphatic hydroxyl groups is 2. The minimum absolute atomic E-state index is 0.218. The summed E-state index contributed by atoms with van der Waals surface area (Å²) in [4.78, 5) is 0. The minimum Gasteiger partial charge on any atom is -0.394 e. The lowest BCUT2D eigenvalue weighted by atomic mass is 10.00. The molecule has 4 nitrogen and oxygen atoms in total. The molecule has 1 rings (SSSR count). The first-order valence-corrected chi connectivity index (χ1v) is 8.53. The van der Waals surface area contributed by atoms with E-state index in [1.165, 1.54) is 6.26 Å². The van der Waals surface area contributed by atoms with Crippen LogP contribution in [-0.4, -0.2) is 53.9 Å². The third-order valence-electron chi connectivity index (χ3n) is 2.92. The highest BCUT2D eigenvalue weighted by molar-refractivity contribution is 8.00. The van der Waals surface area contributed by atoms with Crippen molar-refractivity contribution in [2.24, 2.45) is 0 Å². The number of hydrogen-bond donors (Lipinski definition) is 2. The molecule has 0 bridgehead atoms. The van der Waals surface area contributed by atoms with Gasteiger partial charge in [-0.2, -0.15) is 11.8 Å². The maximum absolute atomic E-state index is 11.4. The quantitative estimate of drug-likeness (QED) is 0.756. The molecule has 0 aromatic carbocycles. The van der Waals surface area contributed by atoms with Gasteiger partial charge in [0.2, 0.25) is 0 Å². The van der Waals surface area contributed by atoms with Gasteiger partial charge in [0.1, 0.15) is 9.84 Å². The monoisotopic (exact) mass is 268 g/mol. The zero-order valence-corrected chi connectivity index (χ0v) is 11.1. The van der Waals surface area contributed by atoms with Gasteiger partial charge in [0.25, 0.3) is 0 Å². The zero-order valence-electron chi connectivity index (χ0n) is 9.50. The van der Waals surface area contributed by atoms with Gasteiger partial charge in [-0.1, -0.05) is 6.42 Å². The number of aliphatic hydroxyl groups excluding tert-OH is 2. The number of sulfone groups is 1. The fraction of sp³-hybridized carbons (Fsp3) is 1.00. The first kappa shape index (κ1) is 14.3. The summed E-state index contributed by atoms with van der Waals surface area (Å²) in [6.45, 7) is -0.227. The second kappa shape index (κ2) is 6.23. The topological polar surface area (TPSA) is 74.6 Å². The van der Waals surface area contributed by atoms with Gasteiger partial charge in [0.15, 0.2) is 0 Å². The van der Waals surface area contributed by atoms with Crippen molar-refractivity contribution in [2.75, 3.05) is 18.6 Å². The second-order valence-corrected chi connectivity index (χ2v) is 8.07. The summed E-state index contributed by atoms with van der Waals surface area (Å²) in [5.74, 6) is 0.484. The number of hydrogen-bond acceptors (Lipinski definition) is 5. The molecule has 0 spiro atoms. The van der Waals surface area contributed by atoms with Crippen LogP contribution in [0, 0.1) is 0 Å². The maximum Gasteiger partial charge on any atom is 0.150 e. The normalized spacial score (nSPS) is 28.9. The van der Waals surface area contributed by atoms with Gasteiger partial charge >= 0.3 is 0 Å². The summed E-state index contributed by atoms with van der Waals surface area (Å²) >= 11 is 1.58. The molecule has 16 heavy (non-hydrogen) atoms. The van der Waals surface area contributed by atoms with E-state index in [1.807, 2.05) is 0 Å². The largest absolute Gasteiger partial charge is 0.394 e. The van der Waals surface area contributed by atoms with E-state index in [4.69, 9.17) is 5.11 Å². The van der Waals surface area contributed by atoms with Gasteiger partial charge in [0.05, 0.1) is 18.0 Å². The van der Waals surface area contributed by atoms with Crippen molar-refractivity contribution >= 4 is 21.6 Å². The molecule has 2 N–H and O–H groups in total. The van der Waals surface area contributed by atoms with E-state index in [-0.39, 0.29) is 11.9 Å². The third kappa shape index (κ3) is 4.61. The van der Waals surface area contributed by atoms with Gasteiger partial charge in [-0.25, -0.2) is 8.42 Å².